The summed E-state index contributed by atoms with van der Waals surface area (Å²) in [6.07, 6.45) is 8.94. The number of urea groups is 1. The maximum absolute atomic E-state index is 12.8. The van der Waals surface area contributed by atoms with Crippen molar-refractivity contribution in [3.8, 4) is 0 Å². The highest BCUT2D eigenvalue weighted by Gasteiger charge is 2.51. The van der Waals surface area contributed by atoms with E-state index in [1.165, 1.54) is 31.4 Å². The Morgan fingerprint density at radius 3 is 1.90 bits per heavy atom. The molecule has 4 saturated carbocycles. The third-order valence-electron chi connectivity index (χ3n) is 7.91. The van der Waals surface area contributed by atoms with Gasteiger partial charge in [-0.1, -0.05) is 0 Å². The molecule has 0 aromatic heterocycles. The summed E-state index contributed by atoms with van der Waals surface area (Å²) >= 11 is 0. The van der Waals surface area contributed by atoms with Crippen molar-refractivity contribution < 1.29 is 19.5 Å². The molecule has 4 bridgehead atoms. The molecule has 1 saturated heterocycles. The molecular formula is C24H31N3O4. The highest BCUT2D eigenvalue weighted by molar-refractivity contribution is 5.96. The zero-order valence-corrected chi connectivity index (χ0v) is 17.8. The molecule has 0 unspecified atom stereocenters. The largest absolute Gasteiger partial charge is 0.478 e. The fourth-order valence-electron chi connectivity index (χ4n) is 6.89. The zero-order valence-electron chi connectivity index (χ0n) is 17.8. The van der Waals surface area contributed by atoms with Crippen LogP contribution in [0, 0.1) is 17.8 Å². The van der Waals surface area contributed by atoms with Gasteiger partial charge >= 0.3 is 12.0 Å². The number of carbonyl (C=O) groups is 3. The lowest BCUT2D eigenvalue weighted by Gasteiger charge is -2.56. The Morgan fingerprint density at radius 1 is 0.871 bits per heavy atom. The average molecular weight is 426 g/mol. The van der Waals surface area contributed by atoms with Gasteiger partial charge in [0, 0.05) is 30.2 Å². The van der Waals surface area contributed by atoms with Crippen LogP contribution < -0.4 is 10.6 Å². The summed E-state index contributed by atoms with van der Waals surface area (Å²) in [5.41, 5.74) is 0.679. The van der Waals surface area contributed by atoms with Crippen LogP contribution in [0.25, 0.3) is 0 Å². The summed E-state index contributed by atoms with van der Waals surface area (Å²) in [6, 6.07) is 6.07. The second kappa shape index (κ2) is 7.84. The highest BCUT2D eigenvalue weighted by Crippen LogP contribution is 2.55. The van der Waals surface area contributed by atoms with Gasteiger partial charge in [-0.2, -0.15) is 0 Å². The van der Waals surface area contributed by atoms with E-state index in [2.05, 4.69) is 10.6 Å². The van der Waals surface area contributed by atoms with E-state index in [-0.39, 0.29) is 29.1 Å². The molecule has 5 aliphatic rings. The van der Waals surface area contributed by atoms with Crippen LogP contribution in [-0.2, 0) is 0 Å². The maximum Gasteiger partial charge on any atom is 0.335 e. The van der Waals surface area contributed by atoms with Crippen molar-refractivity contribution in [3.05, 3.63) is 35.4 Å². The van der Waals surface area contributed by atoms with E-state index in [1.54, 1.807) is 17.0 Å². The highest BCUT2D eigenvalue weighted by atomic mass is 16.4. The van der Waals surface area contributed by atoms with Crippen LogP contribution in [0.4, 0.5) is 4.79 Å². The molecule has 166 valence electrons. The predicted octanol–water partition coefficient (Wildman–Crippen LogP) is 3.26. The van der Waals surface area contributed by atoms with E-state index < -0.39 is 5.97 Å². The molecule has 3 N–H and O–H groups in total. The van der Waals surface area contributed by atoms with Crippen molar-refractivity contribution in [2.45, 2.75) is 62.9 Å². The molecule has 1 aromatic carbocycles. The van der Waals surface area contributed by atoms with Crippen LogP contribution >= 0.6 is 0 Å². The number of piperidine rings is 1. The smallest absolute Gasteiger partial charge is 0.335 e. The number of amides is 3. The standard InChI is InChI=1S/C24H31N3O4/c28-21(18-1-3-19(4-2-18)22(29)30)27-7-5-20(6-8-27)25-23(31)26-24-12-15-9-16(13-24)11-17(10-15)14-24/h1-4,15-17,20H,5-14H2,(H,29,30)(H2,25,26,31). The maximum atomic E-state index is 12.8. The first-order valence-electron chi connectivity index (χ1n) is 11.6. The number of carboxylic acid groups (broad SMARTS) is 1. The van der Waals surface area contributed by atoms with Crippen molar-refractivity contribution >= 4 is 17.9 Å². The van der Waals surface area contributed by atoms with Crippen molar-refractivity contribution in [1.82, 2.24) is 15.5 Å². The number of benzene rings is 1. The number of likely N-dealkylation sites (tertiary alicyclic amines) is 1. The lowest BCUT2D eigenvalue weighted by atomic mass is 9.53. The quantitative estimate of drug-likeness (QED) is 0.690. The number of aromatic carboxylic acids is 1. The molecule has 0 radical (unpaired) electrons. The number of carboxylic acids is 1. The molecule has 5 fully saturated rings. The average Bonchev–Trinajstić information content (AvgIpc) is 2.72. The monoisotopic (exact) mass is 425 g/mol. The minimum atomic E-state index is -1.00. The van der Waals surface area contributed by atoms with Crippen molar-refractivity contribution in [2.24, 2.45) is 17.8 Å². The van der Waals surface area contributed by atoms with E-state index >= 15 is 0 Å². The first-order chi connectivity index (χ1) is 14.9. The fourth-order valence-corrected chi connectivity index (χ4v) is 6.89. The SMILES string of the molecule is O=C(NC1CCN(C(=O)c2ccc(C(=O)O)cc2)CC1)NC12CC3CC(CC(C3)C1)C2. The summed E-state index contributed by atoms with van der Waals surface area (Å²) < 4.78 is 0. The minimum Gasteiger partial charge on any atom is -0.478 e. The summed E-state index contributed by atoms with van der Waals surface area (Å²) in [5.74, 6) is 1.30. The number of rotatable bonds is 4. The summed E-state index contributed by atoms with van der Waals surface area (Å²) in [5, 5.41) is 15.5. The first-order valence-corrected chi connectivity index (χ1v) is 11.6. The first kappa shape index (κ1) is 20.3. The van der Waals surface area contributed by atoms with Crippen molar-refractivity contribution in [3.63, 3.8) is 0 Å². The van der Waals surface area contributed by atoms with Gasteiger partial charge in [0.25, 0.3) is 5.91 Å². The van der Waals surface area contributed by atoms with Crippen LogP contribution in [0.5, 0.6) is 0 Å². The Bertz CT molecular complexity index is 838. The molecule has 1 aliphatic heterocycles. The number of carbonyl (C=O) groups excluding carboxylic acids is 2. The molecule has 1 aromatic rings. The van der Waals surface area contributed by atoms with Gasteiger partial charge in [0.1, 0.15) is 0 Å². The normalized spacial score (nSPS) is 32.0. The van der Waals surface area contributed by atoms with Gasteiger partial charge in [0.05, 0.1) is 5.56 Å². The van der Waals surface area contributed by atoms with Crippen LogP contribution in [0.1, 0.15) is 72.1 Å². The van der Waals surface area contributed by atoms with Gasteiger partial charge in [-0.25, -0.2) is 9.59 Å². The Morgan fingerprint density at radius 2 is 1.39 bits per heavy atom. The summed E-state index contributed by atoms with van der Waals surface area (Å²) in [7, 11) is 0. The Labute approximate surface area is 182 Å². The topological polar surface area (TPSA) is 98.7 Å². The van der Waals surface area contributed by atoms with Gasteiger partial charge in [-0.05, 0) is 93.4 Å². The van der Waals surface area contributed by atoms with E-state index in [9.17, 15) is 14.4 Å². The van der Waals surface area contributed by atoms with E-state index in [1.807, 2.05) is 0 Å². The number of nitrogens with zero attached hydrogens (tertiary/aromatic N) is 1. The molecule has 0 spiro atoms. The van der Waals surface area contributed by atoms with Crippen LogP contribution in [0.15, 0.2) is 24.3 Å². The van der Waals surface area contributed by atoms with Gasteiger partial charge < -0.3 is 20.6 Å². The molecule has 1 heterocycles. The van der Waals surface area contributed by atoms with Gasteiger partial charge in [-0.15, -0.1) is 0 Å². The second-order valence-electron chi connectivity index (χ2n) is 10.2. The lowest BCUT2D eigenvalue weighted by Crippen LogP contribution is -2.62. The van der Waals surface area contributed by atoms with Crippen LogP contribution in [-0.4, -0.2) is 52.6 Å². The molecule has 7 heteroatoms. The fraction of sp³-hybridized carbons (Fsp3) is 0.625. The number of hydrogen-bond acceptors (Lipinski definition) is 3. The molecule has 3 amide bonds. The third-order valence-corrected chi connectivity index (χ3v) is 7.91. The van der Waals surface area contributed by atoms with Crippen LogP contribution in [0.2, 0.25) is 0 Å². The van der Waals surface area contributed by atoms with E-state index in [0.29, 0.717) is 18.7 Å². The second-order valence-corrected chi connectivity index (χ2v) is 10.2. The Kier molecular flexibility index (Phi) is 5.15. The molecule has 31 heavy (non-hydrogen) atoms. The molecule has 0 atom stereocenters. The van der Waals surface area contributed by atoms with Gasteiger partial charge in [0.15, 0.2) is 0 Å². The number of nitrogens with one attached hydrogen (secondary N) is 2. The molecule has 7 nitrogen and oxygen atoms in total. The van der Waals surface area contributed by atoms with Crippen LogP contribution in [0.3, 0.4) is 0 Å². The summed E-state index contributed by atoms with van der Waals surface area (Å²) in [6.45, 7) is 1.17. The zero-order chi connectivity index (χ0) is 21.6. The Hall–Kier alpha value is -2.57. The molecule has 6 rings (SSSR count). The third kappa shape index (κ3) is 4.14. The predicted molar refractivity (Wildman–Crippen MR) is 115 cm³/mol. The minimum absolute atomic E-state index is 0.0115. The van der Waals surface area contributed by atoms with Crippen molar-refractivity contribution in [1.29, 1.82) is 0 Å². The van der Waals surface area contributed by atoms with E-state index in [0.717, 1.165) is 49.9 Å². The molecule has 4 aliphatic carbocycles. The van der Waals surface area contributed by atoms with E-state index in [4.69, 9.17) is 5.11 Å². The Balaban J connectivity index is 1.11. The lowest BCUT2D eigenvalue weighted by molar-refractivity contribution is -0.0137. The van der Waals surface area contributed by atoms with Gasteiger partial charge in [0.2, 0.25) is 0 Å². The van der Waals surface area contributed by atoms with Crippen molar-refractivity contribution in [2.75, 3.05) is 13.1 Å². The number of hydrogen-bond donors (Lipinski definition) is 3. The molecular weight excluding hydrogens is 394 g/mol. The summed E-state index contributed by atoms with van der Waals surface area (Å²) in [4.78, 5) is 38.2. The van der Waals surface area contributed by atoms with Gasteiger partial charge in [-0.3, -0.25) is 4.79 Å².